The summed E-state index contributed by atoms with van der Waals surface area (Å²) in [6, 6.07) is 1.56. The van der Waals surface area contributed by atoms with Crippen molar-refractivity contribution in [3.63, 3.8) is 0 Å². The van der Waals surface area contributed by atoms with E-state index in [4.69, 9.17) is 4.42 Å². The van der Waals surface area contributed by atoms with Crippen molar-refractivity contribution in [2.45, 2.75) is 26.7 Å². The van der Waals surface area contributed by atoms with E-state index in [2.05, 4.69) is 4.98 Å². The first-order valence-electron chi connectivity index (χ1n) is 4.78. The van der Waals surface area contributed by atoms with Crippen molar-refractivity contribution >= 4 is 11.0 Å². The van der Waals surface area contributed by atoms with Gasteiger partial charge in [-0.15, -0.1) is 0 Å². The molecular formula is C11H13F2NO. The smallest absolute Gasteiger partial charge is 0.274 e. The molecule has 0 N–H and O–H groups in total. The molecule has 2 rings (SSSR count). The molecule has 0 saturated heterocycles. The van der Waals surface area contributed by atoms with Crippen molar-refractivity contribution in [3.05, 3.63) is 30.3 Å². The minimum atomic E-state index is -2.88. The van der Waals surface area contributed by atoms with Gasteiger partial charge >= 0.3 is 0 Å². The van der Waals surface area contributed by atoms with Gasteiger partial charge in [-0.05, 0) is 6.07 Å². The number of hydrogen-bond acceptors (Lipinski definition) is 2. The van der Waals surface area contributed by atoms with E-state index in [1.807, 2.05) is 13.8 Å². The van der Waals surface area contributed by atoms with Crippen molar-refractivity contribution in [1.82, 2.24) is 4.98 Å². The maximum Gasteiger partial charge on any atom is 0.274 e. The second kappa shape index (κ2) is 4.38. The summed E-state index contributed by atoms with van der Waals surface area (Å²) >= 11 is 0. The van der Waals surface area contributed by atoms with Gasteiger partial charge in [-0.25, -0.2) is 8.78 Å². The standard InChI is InChI=1S/C9H7F2NO.C2H6/c1-9(10,11)7-5-13-8-2-3-12-4-6(7)8;1-2/h2-5H,1H3;1-2H3. The van der Waals surface area contributed by atoms with Gasteiger partial charge in [-0.2, -0.15) is 0 Å². The summed E-state index contributed by atoms with van der Waals surface area (Å²) in [4.78, 5) is 3.77. The number of fused-ring (bicyclic) bond motifs is 1. The van der Waals surface area contributed by atoms with Gasteiger partial charge in [-0.3, -0.25) is 4.98 Å². The largest absolute Gasteiger partial charge is 0.464 e. The van der Waals surface area contributed by atoms with Gasteiger partial charge in [0.25, 0.3) is 5.92 Å². The quantitative estimate of drug-likeness (QED) is 0.716. The Bertz CT molecular complexity index is 431. The topological polar surface area (TPSA) is 26.0 Å². The molecule has 0 radical (unpaired) electrons. The number of aromatic nitrogens is 1. The molecule has 15 heavy (non-hydrogen) atoms. The Balaban J connectivity index is 0.000000531. The van der Waals surface area contributed by atoms with Gasteiger partial charge in [0, 0.05) is 24.7 Å². The predicted octanol–water partition coefficient (Wildman–Crippen LogP) is 3.97. The van der Waals surface area contributed by atoms with Crippen molar-refractivity contribution < 1.29 is 13.2 Å². The van der Waals surface area contributed by atoms with E-state index >= 15 is 0 Å². The second-order valence-corrected chi connectivity index (χ2v) is 2.91. The highest BCUT2D eigenvalue weighted by Crippen LogP contribution is 2.33. The fourth-order valence-electron chi connectivity index (χ4n) is 1.21. The molecule has 0 fully saturated rings. The zero-order valence-corrected chi connectivity index (χ0v) is 8.92. The van der Waals surface area contributed by atoms with Crippen molar-refractivity contribution in [1.29, 1.82) is 0 Å². The molecule has 2 aromatic rings. The van der Waals surface area contributed by atoms with E-state index in [-0.39, 0.29) is 5.56 Å². The van der Waals surface area contributed by atoms with Crippen LogP contribution in [0.1, 0.15) is 26.3 Å². The lowest BCUT2D eigenvalue weighted by Crippen LogP contribution is -2.05. The van der Waals surface area contributed by atoms with Gasteiger partial charge in [0.05, 0.1) is 5.56 Å². The number of pyridine rings is 1. The van der Waals surface area contributed by atoms with Crippen LogP contribution in [0, 0.1) is 0 Å². The zero-order chi connectivity index (χ0) is 11.5. The van der Waals surface area contributed by atoms with Crippen LogP contribution < -0.4 is 0 Å². The number of hydrogen-bond donors (Lipinski definition) is 0. The van der Waals surface area contributed by atoms with Crippen molar-refractivity contribution in [2.24, 2.45) is 0 Å². The molecule has 0 unspecified atom stereocenters. The van der Waals surface area contributed by atoms with E-state index < -0.39 is 5.92 Å². The minimum absolute atomic E-state index is 0.115. The van der Waals surface area contributed by atoms with E-state index in [1.54, 1.807) is 6.07 Å². The van der Waals surface area contributed by atoms with Crippen LogP contribution in [0.15, 0.2) is 29.1 Å². The highest BCUT2D eigenvalue weighted by atomic mass is 19.3. The molecule has 4 heteroatoms. The number of furan rings is 1. The summed E-state index contributed by atoms with van der Waals surface area (Å²) in [5.41, 5.74) is 0.321. The lowest BCUT2D eigenvalue weighted by atomic mass is 10.1. The molecule has 0 aliphatic rings. The van der Waals surface area contributed by atoms with Crippen LogP contribution in [0.3, 0.4) is 0 Å². The number of halogens is 2. The number of alkyl halides is 2. The summed E-state index contributed by atoms with van der Waals surface area (Å²) in [6.07, 6.45) is 3.96. The highest BCUT2D eigenvalue weighted by molar-refractivity contribution is 5.80. The molecule has 0 saturated carbocycles. The molecule has 0 atom stereocenters. The third-order valence-corrected chi connectivity index (χ3v) is 1.85. The zero-order valence-electron chi connectivity index (χ0n) is 8.92. The Morgan fingerprint density at radius 1 is 1.33 bits per heavy atom. The Morgan fingerprint density at radius 3 is 2.60 bits per heavy atom. The van der Waals surface area contributed by atoms with Crippen LogP contribution in [0.4, 0.5) is 8.78 Å². The SMILES string of the molecule is CC.CC(F)(F)c1coc2ccncc12. The van der Waals surface area contributed by atoms with Gasteiger partial charge in [-0.1, -0.05) is 13.8 Å². The second-order valence-electron chi connectivity index (χ2n) is 2.91. The normalized spacial score (nSPS) is 11.0. The van der Waals surface area contributed by atoms with Gasteiger partial charge in [0.2, 0.25) is 0 Å². The lowest BCUT2D eigenvalue weighted by Gasteiger charge is -2.06. The average Bonchev–Trinajstić information content (AvgIpc) is 2.63. The first-order chi connectivity index (χ1) is 7.09. The van der Waals surface area contributed by atoms with Crippen LogP contribution in [0.25, 0.3) is 11.0 Å². The molecule has 0 aromatic carbocycles. The molecule has 0 bridgehead atoms. The summed E-state index contributed by atoms with van der Waals surface area (Å²) in [5.74, 6) is -2.88. The molecule has 0 aliphatic heterocycles. The molecular weight excluding hydrogens is 200 g/mol. The molecule has 82 valence electrons. The van der Waals surface area contributed by atoms with Crippen LogP contribution >= 0.6 is 0 Å². The predicted molar refractivity (Wildman–Crippen MR) is 54.9 cm³/mol. The number of rotatable bonds is 1. The van der Waals surface area contributed by atoms with Crippen LogP contribution in [0.2, 0.25) is 0 Å². The minimum Gasteiger partial charge on any atom is -0.464 e. The summed E-state index contributed by atoms with van der Waals surface area (Å²) in [6.45, 7) is 4.84. The fourth-order valence-corrected chi connectivity index (χ4v) is 1.21. The van der Waals surface area contributed by atoms with Crippen molar-refractivity contribution in [3.8, 4) is 0 Å². The first-order valence-corrected chi connectivity index (χ1v) is 4.78. The molecule has 0 spiro atoms. The first kappa shape index (κ1) is 11.6. The Hall–Kier alpha value is -1.45. The monoisotopic (exact) mass is 213 g/mol. The number of nitrogens with zero attached hydrogens (tertiary/aromatic N) is 1. The lowest BCUT2D eigenvalue weighted by molar-refractivity contribution is 0.0182. The third kappa shape index (κ3) is 2.32. The highest BCUT2D eigenvalue weighted by Gasteiger charge is 2.28. The van der Waals surface area contributed by atoms with Crippen molar-refractivity contribution in [2.75, 3.05) is 0 Å². The molecule has 2 nitrogen and oxygen atoms in total. The van der Waals surface area contributed by atoms with E-state index in [9.17, 15) is 8.78 Å². The van der Waals surface area contributed by atoms with Gasteiger partial charge in [0.15, 0.2) is 0 Å². The molecule has 0 aliphatic carbocycles. The Labute approximate surface area is 86.9 Å². The summed E-state index contributed by atoms with van der Waals surface area (Å²) in [7, 11) is 0. The molecule has 2 heterocycles. The van der Waals surface area contributed by atoms with Gasteiger partial charge in [0.1, 0.15) is 11.8 Å². The van der Waals surface area contributed by atoms with Gasteiger partial charge < -0.3 is 4.42 Å². The Morgan fingerprint density at radius 2 is 2.00 bits per heavy atom. The van der Waals surface area contributed by atoms with Crippen LogP contribution in [-0.4, -0.2) is 4.98 Å². The summed E-state index contributed by atoms with van der Waals surface area (Å²) < 4.78 is 30.8. The summed E-state index contributed by atoms with van der Waals surface area (Å²) in [5, 5.41) is 0.370. The fraction of sp³-hybridized carbons (Fsp3) is 0.364. The van der Waals surface area contributed by atoms with Crippen LogP contribution in [-0.2, 0) is 5.92 Å². The maximum absolute atomic E-state index is 12.9. The Kier molecular flexibility index (Phi) is 3.39. The maximum atomic E-state index is 12.9. The van der Waals surface area contributed by atoms with Crippen LogP contribution in [0.5, 0.6) is 0 Å². The van der Waals surface area contributed by atoms with E-state index in [1.165, 1.54) is 12.4 Å². The van der Waals surface area contributed by atoms with E-state index in [0.717, 1.165) is 13.2 Å². The third-order valence-electron chi connectivity index (χ3n) is 1.85. The molecule has 0 amide bonds. The average molecular weight is 213 g/mol. The molecule has 2 aromatic heterocycles. The van der Waals surface area contributed by atoms with E-state index in [0.29, 0.717) is 11.0 Å².